The Bertz CT molecular complexity index is 732. The summed E-state index contributed by atoms with van der Waals surface area (Å²) in [5, 5.41) is 13.6. The summed E-state index contributed by atoms with van der Waals surface area (Å²) in [6, 6.07) is 6.39. The van der Waals surface area contributed by atoms with Gasteiger partial charge in [-0.05, 0) is 17.7 Å². The molecule has 0 spiro atoms. The fourth-order valence-electron chi connectivity index (χ4n) is 2.14. The highest BCUT2D eigenvalue weighted by Crippen LogP contribution is 2.29. The standard InChI is InChI=1S/C17H20F3N5O/c1-25(2)14-10-15(24-23-11-14)21-7-8-22-16(26)9-12-3-5-13(6-4-12)17(18,19)20/h3-6,10-11H,7-9H2,1-2H3,(H,21,24)(H,22,26). The Kier molecular flexibility index (Phi) is 6.37. The summed E-state index contributed by atoms with van der Waals surface area (Å²) in [6.45, 7) is 0.803. The third-order valence-electron chi connectivity index (χ3n) is 3.56. The van der Waals surface area contributed by atoms with Gasteiger partial charge in [0.2, 0.25) is 5.91 Å². The van der Waals surface area contributed by atoms with E-state index in [-0.39, 0.29) is 12.3 Å². The van der Waals surface area contributed by atoms with Gasteiger partial charge in [-0.25, -0.2) is 0 Å². The fraction of sp³-hybridized carbons (Fsp3) is 0.353. The zero-order valence-electron chi connectivity index (χ0n) is 14.5. The van der Waals surface area contributed by atoms with Crippen molar-refractivity contribution in [1.82, 2.24) is 15.5 Å². The van der Waals surface area contributed by atoms with E-state index in [9.17, 15) is 18.0 Å². The number of hydrogen-bond donors (Lipinski definition) is 2. The molecule has 26 heavy (non-hydrogen) atoms. The lowest BCUT2D eigenvalue weighted by Crippen LogP contribution is -2.30. The molecule has 1 amide bonds. The van der Waals surface area contributed by atoms with Gasteiger partial charge in [-0.1, -0.05) is 12.1 Å². The Morgan fingerprint density at radius 2 is 1.85 bits per heavy atom. The molecule has 2 N–H and O–H groups in total. The summed E-state index contributed by atoms with van der Waals surface area (Å²) in [5.74, 6) is 0.327. The van der Waals surface area contributed by atoms with Gasteiger partial charge in [0.25, 0.3) is 0 Å². The van der Waals surface area contributed by atoms with E-state index in [0.717, 1.165) is 17.8 Å². The van der Waals surface area contributed by atoms with E-state index in [0.29, 0.717) is 24.5 Å². The number of anilines is 2. The summed E-state index contributed by atoms with van der Waals surface area (Å²) >= 11 is 0. The first kappa shape index (κ1) is 19.5. The van der Waals surface area contributed by atoms with Crippen LogP contribution in [0.25, 0.3) is 0 Å². The summed E-state index contributed by atoms with van der Waals surface area (Å²) < 4.78 is 37.5. The van der Waals surface area contributed by atoms with E-state index in [2.05, 4.69) is 20.8 Å². The molecule has 0 atom stereocenters. The third-order valence-corrected chi connectivity index (χ3v) is 3.56. The number of nitrogens with zero attached hydrogens (tertiary/aromatic N) is 3. The molecule has 2 aromatic rings. The first-order valence-electron chi connectivity index (χ1n) is 7.92. The number of carbonyl (C=O) groups excluding carboxylic acids is 1. The first-order valence-corrected chi connectivity index (χ1v) is 7.92. The Morgan fingerprint density at radius 1 is 1.15 bits per heavy atom. The number of halogens is 3. The molecule has 0 bridgehead atoms. The highest BCUT2D eigenvalue weighted by Gasteiger charge is 2.29. The molecular weight excluding hydrogens is 347 g/mol. The maximum Gasteiger partial charge on any atom is 0.416 e. The fourth-order valence-corrected chi connectivity index (χ4v) is 2.14. The summed E-state index contributed by atoms with van der Waals surface area (Å²) in [4.78, 5) is 13.7. The molecule has 1 heterocycles. The lowest BCUT2D eigenvalue weighted by Gasteiger charge is -2.13. The number of amides is 1. The van der Waals surface area contributed by atoms with Crippen molar-refractivity contribution in [3.8, 4) is 0 Å². The zero-order chi connectivity index (χ0) is 19.2. The molecule has 140 valence electrons. The van der Waals surface area contributed by atoms with Crippen LogP contribution >= 0.6 is 0 Å². The topological polar surface area (TPSA) is 70.2 Å². The van der Waals surface area contributed by atoms with Crippen molar-refractivity contribution in [2.75, 3.05) is 37.4 Å². The number of aromatic nitrogens is 2. The molecule has 0 aliphatic carbocycles. The van der Waals surface area contributed by atoms with Crippen molar-refractivity contribution in [1.29, 1.82) is 0 Å². The molecule has 9 heteroatoms. The molecule has 6 nitrogen and oxygen atoms in total. The molecule has 0 aliphatic rings. The number of hydrogen-bond acceptors (Lipinski definition) is 5. The maximum absolute atomic E-state index is 12.5. The second kappa shape index (κ2) is 8.50. The second-order valence-electron chi connectivity index (χ2n) is 5.84. The Balaban J connectivity index is 1.74. The highest BCUT2D eigenvalue weighted by molar-refractivity contribution is 5.78. The predicted molar refractivity (Wildman–Crippen MR) is 93.0 cm³/mol. The lowest BCUT2D eigenvalue weighted by atomic mass is 10.1. The highest BCUT2D eigenvalue weighted by atomic mass is 19.4. The lowest BCUT2D eigenvalue weighted by molar-refractivity contribution is -0.137. The molecule has 0 radical (unpaired) electrons. The van der Waals surface area contributed by atoms with Gasteiger partial charge in [-0.3, -0.25) is 4.79 Å². The van der Waals surface area contributed by atoms with Crippen molar-refractivity contribution in [2.45, 2.75) is 12.6 Å². The summed E-state index contributed by atoms with van der Waals surface area (Å²) in [6.07, 6.45) is -2.72. The normalized spacial score (nSPS) is 11.1. The van der Waals surface area contributed by atoms with Gasteiger partial charge in [-0.15, -0.1) is 5.10 Å². The van der Waals surface area contributed by atoms with Gasteiger partial charge in [0.15, 0.2) is 5.82 Å². The quantitative estimate of drug-likeness (QED) is 0.735. The average Bonchev–Trinajstić information content (AvgIpc) is 2.58. The van der Waals surface area contributed by atoms with Crippen molar-refractivity contribution in [3.05, 3.63) is 47.7 Å². The molecule has 1 aromatic heterocycles. The summed E-state index contributed by atoms with van der Waals surface area (Å²) in [7, 11) is 3.78. The number of alkyl halides is 3. The van der Waals surface area contributed by atoms with E-state index in [4.69, 9.17) is 0 Å². The minimum atomic E-state index is -4.38. The molecule has 2 rings (SSSR count). The maximum atomic E-state index is 12.5. The van der Waals surface area contributed by atoms with Crippen molar-refractivity contribution < 1.29 is 18.0 Å². The average molecular weight is 367 g/mol. The van der Waals surface area contributed by atoms with Crippen LogP contribution in [0.5, 0.6) is 0 Å². The van der Waals surface area contributed by atoms with Crippen molar-refractivity contribution in [3.63, 3.8) is 0 Å². The van der Waals surface area contributed by atoms with E-state index in [1.807, 2.05) is 25.1 Å². The number of carbonyl (C=O) groups is 1. The van der Waals surface area contributed by atoms with Gasteiger partial charge in [-0.2, -0.15) is 18.3 Å². The molecule has 0 fully saturated rings. The van der Waals surface area contributed by atoms with Crippen molar-refractivity contribution in [2.24, 2.45) is 0 Å². The van der Waals surface area contributed by atoms with Crippen molar-refractivity contribution >= 4 is 17.4 Å². The van der Waals surface area contributed by atoms with Crippen LogP contribution in [-0.2, 0) is 17.4 Å². The van der Waals surface area contributed by atoms with E-state index >= 15 is 0 Å². The molecule has 0 saturated heterocycles. The predicted octanol–water partition coefficient (Wildman–Crippen LogP) is 2.33. The number of benzene rings is 1. The minimum Gasteiger partial charge on any atom is -0.376 e. The van der Waals surface area contributed by atoms with Crippen LogP contribution in [0.1, 0.15) is 11.1 Å². The Labute approximate surface area is 149 Å². The number of rotatable bonds is 7. The van der Waals surface area contributed by atoms with Crippen LogP contribution in [0, 0.1) is 0 Å². The zero-order valence-corrected chi connectivity index (χ0v) is 14.5. The molecular formula is C17H20F3N5O. The number of nitrogens with one attached hydrogen (secondary N) is 2. The monoisotopic (exact) mass is 367 g/mol. The van der Waals surface area contributed by atoms with Gasteiger partial charge in [0, 0.05) is 33.3 Å². The molecule has 0 saturated carbocycles. The summed E-state index contributed by atoms with van der Waals surface area (Å²) in [5.41, 5.74) is 0.689. The first-order chi connectivity index (χ1) is 12.3. The van der Waals surface area contributed by atoms with E-state index in [1.54, 1.807) is 6.20 Å². The van der Waals surface area contributed by atoms with Crippen LogP contribution in [-0.4, -0.2) is 43.3 Å². The van der Waals surface area contributed by atoms with Crippen LogP contribution in [0.4, 0.5) is 24.7 Å². The van der Waals surface area contributed by atoms with Gasteiger partial charge >= 0.3 is 6.18 Å². The van der Waals surface area contributed by atoms with Gasteiger partial charge < -0.3 is 15.5 Å². The van der Waals surface area contributed by atoms with Crippen LogP contribution in [0.2, 0.25) is 0 Å². The smallest absolute Gasteiger partial charge is 0.376 e. The molecule has 0 aliphatic heterocycles. The third kappa shape index (κ3) is 5.91. The van der Waals surface area contributed by atoms with Crippen LogP contribution in [0.15, 0.2) is 36.5 Å². The van der Waals surface area contributed by atoms with Gasteiger partial charge in [0.1, 0.15) is 0 Å². The molecule has 0 unspecified atom stereocenters. The van der Waals surface area contributed by atoms with Gasteiger partial charge in [0.05, 0.1) is 23.9 Å². The molecule has 1 aromatic carbocycles. The SMILES string of the molecule is CN(C)c1cnnc(NCCNC(=O)Cc2ccc(C(F)(F)F)cc2)c1. The minimum absolute atomic E-state index is 0.0219. The van der Waals surface area contributed by atoms with E-state index in [1.165, 1.54) is 12.1 Å². The second-order valence-corrected chi connectivity index (χ2v) is 5.84. The van der Waals surface area contributed by atoms with Crippen LogP contribution in [0.3, 0.4) is 0 Å². The Morgan fingerprint density at radius 3 is 2.46 bits per heavy atom. The van der Waals surface area contributed by atoms with E-state index < -0.39 is 11.7 Å². The Hall–Kier alpha value is -2.84. The van der Waals surface area contributed by atoms with Crippen LogP contribution < -0.4 is 15.5 Å². The largest absolute Gasteiger partial charge is 0.416 e.